The highest BCUT2D eigenvalue weighted by Crippen LogP contribution is 2.25. The van der Waals surface area contributed by atoms with Crippen LogP contribution in [0.5, 0.6) is 0 Å². The van der Waals surface area contributed by atoms with Crippen molar-refractivity contribution in [3.8, 4) is 0 Å². The van der Waals surface area contributed by atoms with E-state index in [4.69, 9.17) is 9.15 Å². The molecule has 0 fully saturated rings. The van der Waals surface area contributed by atoms with E-state index < -0.39 is 5.97 Å². The Hall–Kier alpha value is -3.12. The van der Waals surface area contributed by atoms with Gasteiger partial charge in [0.05, 0.1) is 0 Å². The Labute approximate surface area is 178 Å². The van der Waals surface area contributed by atoms with Crippen LogP contribution in [0, 0.1) is 20.8 Å². The fourth-order valence-corrected chi connectivity index (χ4v) is 4.45. The van der Waals surface area contributed by atoms with Gasteiger partial charge in [0.15, 0.2) is 6.61 Å². The van der Waals surface area contributed by atoms with Gasteiger partial charge in [-0.2, -0.15) is 0 Å². The molecular weight excluding hydrogens is 398 g/mol. The molecule has 0 atom stereocenters. The monoisotopic (exact) mass is 421 g/mol. The average molecular weight is 422 g/mol. The fourth-order valence-electron chi connectivity index (χ4n) is 3.75. The number of aryl methyl sites for hydroxylation is 3. The van der Waals surface area contributed by atoms with Crippen LogP contribution in [0.25, 0.3) is 11.0 Å². The van der Waals surface area contributed by atoms with Gasteiger partial charge in [0, 0.05) is 39.3 Å². The molecule has 0 spiro atoms. The second-order valence-electron chi connectivity index (χ2n) is 7.32. The largest absolute Gasteiger partial charge is 0.451 e. The van der Waals surface area contributed by atoms with Gasteiger partial charge in [-0.15, -0.1) is 11.3 Å². The Kier molecular flexibility index (Phi) is 5.59. The zero-order chi connectivity index (χ0) is 21.3. The van der Waals surface area contributed by atoms with Crippen molar-refractivity contribution in [2.75, 3.05) is 6.61 Å². The van der Waals surface area contributed by atoms with E-state index in [0.717, 1.165) is 35.3 Å². The standard InChI is InChI=1S/C24H23NO4S/c1-15-13-20(17(3)25(15)11-10-18-7-6-12-30-18)21(26)14-28-24(27)23-16(2)19-8-4-5-9-22(19)29-23/h4-9,12-13H,10-11,14H2,1-3H3. The lowest BCUT2D eigenvalue weighted by atomic mass is 10.1. The number of para-hydroxylation sites is 1. The molecule has 154 valence electrons. The maximum absolute atomic E-state index is 12.7. The molecule has 0 bridgehead atoms. The predicted octanol–water partition coefficient (Wildman–Crippen LogP) is 5.50. The third-order valence-corrected chi connectivity index (χ3v) is 6.34. The van der Waals surface area contributed by atoms with Crippen molar-refractivity contribution in [1.29, 1.82) is 0 Å². The van der Waals surface area contributed by atoms with Gasteiger partial charge in [-0.1, -0.05) is 24.3 Å². The Balaban J connectivity index is 1.44. The molecule has 0 radical (unpaired) electrons. The van der Waals surface area contributed by atoms with Crippen LogP contribution >= 0.6 is 11.3 Å². The van der Waals surface area contributed by atoms with E-state index in [9.17, 15) is 9.59 Å². The van der Waals surface area contributed by atoms with Crippen molar-refractivity contribution in [1.82, 2.24) is 4.57 Å². The average Bonchev–Trinajstić information content (AvgIpc) is 3.44. The van der Waals surface area contributed by atoms with Gasteiger partial charge in [0.2, 0.25) is 11.5 Å². The molecule has 6 heteroatoms. The molecule has 3 heterocycles. The lowest BCUT2D eigenvalue weighted by Crippen LogP contribution is -2.15. The Bertz CT molecular complexity index is 1210. The van der Waals surface area contributed by atoms with Crippen molar-refractivity contribution in [2.45, 2.75) is 33.7 Å². The minimum atomic E-state index is -0.622. The van der Waals surface area contributed by atoms with Crippen LogP contribution in [0.4, 0.5) is 0 Å². The van der Waals surface area contributed by atoms with Crippen LogP contribution < -0.4 is 0 Å². The van der Waals surface area contributed by atoms with E-state index in [1.807, 2.05) is 51.1 Å². The zero-order valence-electron chi connectivity index (χ0n) is 17.2. The SMILES string of the molecule is Cc1c(C(=O)OCC(=O)c2cc(C)n(CCc3cccs3)c2C)oc2ccccc12. The molecule has 30 heavy (non-hydrogen) atoms. The molecule has 0 aliphatic carbocycles. The number of nitrogens with zero attached hydrogens (tertiary/aromatic N) is 1. The van der Waals surface area contributed by atoms with Gasteiger partial charge >= 0.3 is 5.97 Å². The zero-order valence-corrected chi connectivity index (χ0v) is 18.0. The van der Waals surface area contributed by atoms with Crippen molar-refractivity contribution in [2.24, 2.45) is 0 Å². The van der Waals surface area contributed by atoms with Crippen LogP contribution in [0.15, 0.2) is 52.3 Å². The molecule has 4 aromatic rings. The van der Waals surface area contributed by atoms with E-state index in [1.165, 1.54) is 4.88 Å². The topological polar surface area (TPSA) is 61.4 Å². The summed E-state index contributed by atoms with van der Waals surface area (Å²) in [4.78, 5) is 26.5. The molecule has 3 aromatic heterocycles. The predicted molar refractivity (Wildman–Crippen MR) is 117 cm³/mol. The number of hydrogen-bond acceptors (Lipinski definition) is 5. The van der Waals surface area contributed by atoms with Gasteiger partial charge < -0.3 is 13.7 Å². The number of carbonyl (C=O) groups excluding carboxylic acids is 2. The third-order valence-electron chi connectivity index (χ3n) is 5.40. The third kappa shape index (κ3) is 3.83. The van der Waals surface area contributed by atoms with Crippen LogP contribution in [-0.2, 0) is 17.7 Å². The first kappa shape index (κ1) is 20.2. The first-order valence-electron chi connectivity index (χ1n) is 9.83. The summed E-state index contributed by atoms with van der Waals surface area (Å²) in [6.07, 6.45) is 0.919. The van der Waals surface area contributed by atoms with Gasteiger partial charge in [0.25, 0.3) is 0 Å². The van der Waals surface area contributed by atoms with Crippen LogP contribution in [-0.4, -0.2) is 22.9 Å². The molecular formula is C24H23NO4S. The number of aromatic nitrogens is 1. The second kappa shape index (κ2) is 8.32. The summed E-state index contributed by atoms with van der Waals surface area (Å²) in [5.74, 6) is -0.693. The van der Waals surface area contributed by atoms with Crippen LogP contribution in [0.2, 0.25) is 0 Å². The summed E-state index contributed by atoms with van der Waals surface area (Å²) in [6, 6.07) is 13.4. The molecule has 0 aliphatic rings. The van der Waals surface area contributed by atoms with Crippen LogP contribution in [0.3, 0.4) is 0 Å². The second-order valence-corrected chi connectivity index (χ2v) is 8.35. The summed E-state index contributed by atoms with van der Waals surface area (Å²) in [5, 5.41) is 2.93. The summed E-state index contributed by atoms with van der Waals surface area (Å²) < 4.78 is 13.0. The molecule has 0 unspecified atom stereocenters. The number of hydrogen-bond donors (Lipinski definition) is 0. The number of ketones is 1. The number of furan rings is 1. The van der Waals surface area contributed by atoms with Gasteiger partial charge in [-0.05, 0) is 50.8 Å². The summed E-state index contributed by atoms with van der Waals surface area (Å²) >= 11 is 1.73. The highest BCUT2D eigenvalue weighted by atomic mass is 32.1. The summed E-state index contributed by atoms with van der Waals surface area (Å²) in [7, 11) is 0. The molecule has 5 nitrogen and oxygen atoms in total. The van der Waals surface area contributed by atoms with Crippen LogP contribution in [0.1, 0.15) is 42.7 Å². The minimum absolute atomic E-state index is 0.144. The lowest BCUT2D eigenvalue weighted by molar-refractivity contribution is 0.0445. The summed E-state index contributed by atoms with van der Waals surface area (Å²) in [6.45, 7) is 6.22. The van der Waals surface area contributed by atoms with Crippen molar-refractivity contribution in [3.63, 3.8) is 0 Å². The molecule has 0 saturated heterocycles. The number of rotatable bonds is 7. The maximum Gasteiger partial charge on any atom is 0.375 e. The Morgan fingerprint density at radius 1 is 1.10 bits per heavy atom. The van der Waals surface area contributed by atoms with Crippen molar-refractivity contribution in [3.05, 3.63) is 81.0 Å². The number of benzene rings is 1. The minimum Gasteiger partial charge on any atom is -0.451 e. The number of thiophene rings is 1. The van der Waals surface area contributed by atoms with E-state index in [2.05, 4.69) is 16.0 Å². The lowest BCUT2D eigenvalue weighted by Gasteiger charge is -2.09. The number of ether oxygens (including phenoxy) is 1. The highest BCUT2D eigenvalue weighted by Gasteiger charge is 2.22. The molecule has 0 saturated carbocycles. The van der Waals surface area contributed by atoms with Gasteiger partial charge in [0.1, 0.15) is 5.58 Å². The Morgan fingerprint density at radius 2 is 1.90 bits per heavy atom. The normalized spacial score (nSPS) is 11.2. The molecule has 1 aromatic carbocycles. The maximum atomic E-state index is 12.7. The van der Waals surface area contributed by atoms with E-state index >= 15 is 0 Å². The number of fused-ring (bicyclic) bond motifs is 1. The molecule has 4 rings (SSSR count). The number of carbonyl (C=O) groups is 2. The summed E-state index contributed by atoms with van der Waals surface area (Å²) in [5.41, 5.74) is 3.85. The Morgan fingerprint density at radius 3 is 2.63 bits per heavy atom. The van der Waals surface area contributed by atoms with E-state index in [0.29, 0.717) is 11.1 Å². The number of Topliss-reactive ketones (excluding diaryl/α,β-unsaturated/α-hetero) is 1. The molecule has 0 aliphatic heterocycles. The first-order chi connectivity index (χ1) is 14.5. The van der Waals surface area contributed by atoms with Gasteiger partial charge in [-0.3, -0.25) is 4.79 Å². The molecule has 0 amide bonds. The highest BCUT2D eigenvalue weighted by molar-refractivity contribution is 7.09. The van der Waals surface area contributed by atoms with Crippen molar-refractivity contribution < 1.29 is 18.7 Å². The molecule has 0 N–H and O–H groups in total. The van der Waals surface area contributed by atoms with Crippen molar-refractivity contribution >= 4 is 34.1 Å². The quantitative estimate of drug-likeness (QED) is 0.292. The van der Waals surface area contributed by atoms with E-state index in [-0.39, 0.29) is 18.2 Å². The fraction of sp³-hybridized carbons (Fsp3) is 0.250. The van der Waals surface area contributed by atoms with E-state index in [1.54, 1.807) is 17.4 Å². The first-order valence-corrected chi connectivity index (χ1v) is 10.7. The van der Waals surface area contributed by atoms with Gasteiger partial charge in [-0.25, -0.2) is 4.79 Å². The number of esters is 1. The smallest absolute Gasteiger partial charge is 0.375 e.